The fourth-order valence-electron chi connectivity index (χ4n) is 2.61. The van der Waals surface area contributed by atoms with Gasteiger partial charge in [-0.3, -0.25) is 9.48 Å². The number of carbonyl (C=O) groups is 1. The number of carbonyl (C=O) groups excluding carboxylic acids is 1. The van der Waals surface area contributed by atoms with Crippen LogP contribution in [0.5, 0.6) is 5.75 Å². The Bertz CT molecular complexity index is 936. The maximum atomic E-state index is 12.5. The van der Waals surface area contributed by atoms with Gasteiger partial charge in [-0.25, -0.2) is 0 Å². The van der Waals surface area contributed by atoms with Crippen molar-refractivity contribution in [2.75, 3.05) is 6.61 Å². The summed E-state index contributed by atoms with van der Waals surface area (Å²) in [5.41, 5.74) is 1.56. The van der Waals surface area contributed by atoms with E-state index >= 15 is 0 Å². The molecule has 0 fully saturated rings. The molecule has 2 heterocycles. The minimum Gasteiger partial charge on any atom is -0.494 e. The number of ether oxygens (including phenoxy) is 1. The van der Waals surface area contributed by atoms with E-state index < -0.39 is 0 Å². The van der Waals surface area contributed by atoms with Gasteiger partial charge in [0.25, 0.3) is 5.91 Å². The van der Waals surface area contributed by atoms with E-state index in [2.05, 4.69) is 10.1 Å². The van der Waals surface area contributed by atoms with Gasteiger partial charge in [0.05, 0.1) is 16.8 Å². The van der Waals surface area contributed by atoms with Gasteiger partial charge in [0.15, 0.2) is 4.80 Å². The SMILES string of the molecule is CCOc1ccc2c(c1)sc(=NC(=O)c1ccnn1CC)n2CC. The zero-order valence-corrected chi connectivity index (χ0v) is 14.8. The van der Waals surface area contributed by atoms with Crippen molar-refractivity contribution in [3.63, 3.8) is 0 Å². The average Bonchev–Trinajstić information content (AvgIpc) is 3.18. The van der Waals surface area contributed by atoms with Crippen LogP contribution in [0.25, 0.3) is 10.2 Å². The van der Waals surface area contributed by atoms with E-state index in [9.17, 15) is 4.79 Å². The molecule has 0 aliphatic rings. The van der Waals surface area contributed by atoms with Crippen LogP contribution in [0.2, 0.25) is 0 Å². The highest BCUT2D eigenvalue weighted by atomic mass is 32.1. The largest absolute Gasteiger partial charge is 0.494 e. The third-order valence-electron chi connectivity index (χ3n) is 3.71. The van der Waals surface area contributed by atoms with Crippen LogP contribution in [0.4, 0.5) is 0 Å². The summed E-state index contributed by atoms with van der Waals surface area (Å²) in [5.74, 6) is 0.560. The summed E-state index contributed by atoms with van der Waals surface area (Å²) in [6.07, 6.45) is 1.62. The molecule has 1 amide bonds. The van der Waals surface area contributed by atoms with E-state index in [1.165, 1.54) is 11.3 Å². The van der Waals surface area contributed by atoms with Crippen molar-refractivity contribution in [1.29, 1.82) is 0 Å². The molecular formula is C17H20N4O2S. The lowest BCUT2D eigenvalue weighted by Crippen LogP contribution is -2.17. The van der Waals surface area contributed by atoms with Crippen molar-refractivity contribution in [3.05, 3.63) is 41.0 Å². The van der Waals surface area contributed by atoms with Gasteiger partial charge in [-0.1, -0.05) is 11.3 Å². The number of hydrogen-bond donors (Lipinski definition) is 0. The molecule has 3 aromatic rings. The lowest BCUT2D eigenvalue weighted by Gasteiger charge is -2.04. The highest BCUT2D eigenvalue weighted by Gasteiger charge is 2.12. The third-order valence-corrected chi connectivity index (χ3v) is 4.75. The Balaban J connectivity index is 2.09. The van der Waals surface area contributed by atoms with Gasteiger partial charge in [0.1, 0.15) is 11.4 Å². The van der Waals surface area contributed by atoms with Crippen LogP contribution in [-0.4, -0.2) is 26.9 Å². The first-order chi connectivity index (χ1) is 11.7. The van der Waals surface area contributed by atoms with Gasteiger partial charge in [-0.15, -0.1) is 0 Å². The van der Waals surface area contributed by atoms with Crippen molar-refractivity contribution >= 4 is 27.5 Å². The highest BCUT2D eigenvalue weighted by Crippen LogP contribution is 2.23. The summed E-state index contributed by atoms with van der Waals surface area (Å²) in [4.78, 5) is 17.5. The van der Waals surface area contributed by atoms with Gasteiger partial charge in [-0.2, -0.15) is 10.1 Å². The van der Waals surface area contributed by atoms with Crippen molar-refractivity contribution in [2.24, 2.45) is 4.99 Å². The van der Waals surface area contributed by atoms with E-state index in [1.807, 2.05) is 43.5 Å². The highest BCUT2D eigenvalue weighted by molar-refractivity contribution is 7.16. The number of aryl methyl sites for hydroxylation is 2. The summed E-state index contributed by atoms with van der Waals surface area (Å²) >= 11 is 1.49. The van der Waals surface area contributed by atoms with Crippen LogP contribution in [0.1, 0.15) is 31.3 Å². The Labute approximate surface area is 144 Å². The van der Waals surface area contributed by atoms with E-state index in [0.29, 0.717) is 23.6 Å². The second kappa shape index (κ2) is 7.00. The maximum Gasteiger partial charge on any atom is 0.297 e. The minimum absolute atomic E-state index is 0.270. The fourth-order valence-corrected chi connectivity index (χ4v) is 3.73. The number of aromatic nitrogens is 3. The minimum atomic E-state index is -0.270. The molecule has 1 aromatic carbocycles. The predicted octanol–water partition coefficient (Wildman–Crippen LogP) is 3.08. The molecule has 6 nitrogen and oxygen atoms in total. The van der Waals surface area contributed by atoms with Crippen molar-refractivity contribution < 1.29 is 9.53 Å². The number of nitrogens with zero attached hydrogens (tertiary/aromatic N) is 4. The zero-order chi connectivity index (χ0) is 17.1. The second-order valence-electron chi connectivity index (χ2n) is 5.14. The lowest BCUT2D eigenvalue weighted by molar-refractivity contribution is 0.0987. The van der Waals surface area contributed by atoms with E-state index in [0.717, 1.165) is 22.5 Å². The maximum absolute atomic E-state index is 12.5. The Morgan fingerprint density at radius 3 is 2.79 bits per heavy atom. The predicted molar refractivity (Wildman–Crippen MR) is 94.5 cm³/mol. The van der Waals surface area contributed by atoms with Crippen molar-refractivity contribution in [2.45, 2.75) is 33.9 Å². The molecule has 0 spiro atoms. The van der Waals surface area contributed by atoms with Crippen molar-refractivity contribution in [1.82, 2.24) is 14.3 Å². The first-order valence-corrected chi connectivity index (χ1v) is 8.86. The molecule has 0 atom stereocenters. The molecule has 0 aliphatic carbocycles. The Kier molecular flexibility index (Phi) is 4.80. The topological polar surface area (TPSA) is 61.4 Å². The first kappa shape index (κ1) is 16.4. The Morgan fingerprint density at radius 1 is 1.25 bits per heavy atom. The van der Waals surface area contributed by atoms with E-state index in [4.69, 9.17) is 4.74 Å². The molecule has 0 aliphatic heterocycles. The summed E-state index contributed by atoms with van der Waals surface area (Å²) < 4.78 is 10.3. The summed E-state index contributed by atoms with van der Waals surface area (Å²) in [6.45, 7) is 7.96. The number of thiazole rings is 1. The molecule has 7 heteroatoms. The molecule has 0 saturated heterocycles. The second-order valence-corrected chi connectivity index (χ2v) is 6.15. The monoisotopic (exact) mass is 344 g/mol. The van der Waals surface area contributed by atoms with Gasteiger partial charge in [0.2, 0.25) is 0 Å². The molecule has 126 valence electrons. The normalized spacial score (nSPS) is 12.0. The van der Waals surface area contributed by atoms with Crippen molar-refractivity contribution in [3.8, 4) is 5.75 Å². The lowest BCUT2D eigenvalue weighted by atomic mass is 10.3. The van der Waals surface area contributed by atoms with Crippen LogP contribution in [-0.2, 0) is 13.1 Å². The standard InChI is InChI=1S/C17H20N4O2S/c1-4-20-13-8-7-12(23-6-3)11-15(13)24-17(20)19-16(22)14-9-10-18-21(14)5-2/h7-11H,4-6H2,1-3H3. The van der Waals surface area contributed by atoms with Crippen LogP contribution in [0.15, 0.2) is 35.5 Å². The quantitative estimate of drug-likeness (QED) is 0.714. The van der Waals surface area contributed by atoms with Crippen LogP contribution < -0.4 is 9.54 Å². The van der Waals surface area contributed by atoms with Gasteiger partial charge in [0, 0.05) is 19.3 Å². The molecular weight excluding hydrogens is 324 g/mol. The number of rotatable bonds is 5. The van der Waals surface area contributed by atoms with Crippen LogP contribution in [0, 0.1) is 0 Å². The smallest absolute Gasteiger partial charge is 0.297 e. The Morgan fingerprint density at radius 2 is 2.08 bits per heavy atom. The van der Waals surface area contributed by atoms with Crippen LogP contribution in [0.3, 0.4) is 0 Å². The number of hydrogen-bond acceptors (Lipinski definition) is 4. The summed E-state index contributed by atoms with van der Waals surface area (Å²) in [6, 6.07) is 7.66. The van der Waals surface area contributed by atoms with E-state index in [1.54, 1.807) is 16.9 Å². The van der Waals surface area contributed by atoms with Gasteiger partial charge < -0.3 is 9.30 Å². The molecule has 24 heavy (non-hydrogen) atoms. The van der Waals surface area contributed by atoms with Gasteiger partial charge in [-0.05, 0) is 45.0 Å². The zero-order valence-electron chi connectivity index (χ0n) is 14.0. The number of fused-ring (bicyclic) bond motifs is 1. The molecule has 0 unspecified atom stereocenters. The molecule has 2 aromatic heterocycles. The summed E-state index contributed by atoms with van der Waals surface area (Å²) in [7, 11) is 0. The van der Waals surface area contributed by atoms with E-state index in [-0.39, 0.29) is 5.91 Å². The molecule has 0 saturated carbocycles. The molecule has 0 radical (unpaired) electrons. The first-order valence-electron chi connectivity index (χ1n) is 8.05. The molecule has 3 rings (SSSR count). The Hall–Kier alpha value is -2.41. The number of benzene rings is 1. The third kappa shape index (κ3) is 2.99. The van der Waals surface area contributed by atoms with Crippen LogP contribution >= 0.6 is 11.3 Å². The fraction of sp³-hybridized carbons (Fsp3) is 0.353. The average molecular weight is 344 g/mol. The molecule has 0 bridgehead atoms. The number of amides is 1. The molecule has 0 N–H and O–H groups in total. The summed E-state index contributed by atoms with van der Waals surface area (Å²) in [5, 5.41) is 4.13. The van der Waals surface area contributed by atoms with Gasteiger partial charge >= 0.3 is 0 Å².